The molecule has 28 heavy (non-hydrogen) atoms. The minimum atomic E-state index is -0.404. The molecule has 0 amide bonds. The Hall–Kier alpha value is -3.54. The largest absolute Gasteiger partial charge is 0.497 e. The van der Waals surface area contributed by atoms with E-state index in [4.69, 9.17) is 19.7 Å². The van der Waals surface area contributed by atoms with E-state index >= 15 is 0 Å². The second-order valence-electron chi connectivity index (χ2n) is 6.39. The van der Waals surface area contributed by atoms with Crippen molar-refractivity contribution >= 4 is 17.4 Å². The summed E-state index contributed by atoms with van der Waals surface area (Å²) in [5.41, 5.74) is 9.71. The van der Waals surface area contributed by atoms with Crippen molar-refractivity contribution in [1.82, 2.24) is 5.16 Å². The normalized spacial score (nSPS) is 15.4. The molecule has 0 saturated carbocycles. The lowest BCUT2D eigenvalue weighted by atomic mass is 9.88. The third-order valence-electron chi connectivity index (χ3n) is 4.84. The molecule has 1 aliphatic carbocycles. The van der Waals surface area contributed by atoms with Gasteiger partial charge in [-0.05, 0) is 30.2 Å². The molecule has 1 aliphatic rings. The van der Waals surface area contributed by atoms with Gasteiger partial charge in [0.2, 0.25) is 0 Å². The number of nitrogen functional groups attached to an aromatic ring is 1. The first-order chi connectivity index (χ1) is 13.7. The summed E-state index contributed by atoms with van der Waals surface area (Å²) in [7, 11) is 1.61. The van der Waals surface area contributed by atoms with Gasteiger partial charge in [-0.15, -0.1) is 0 Å². The second kappa shape index (κ2) is 7.23. The molecule has 6 heteroatoms. The third-order valence-corrected chi connectivity index (χ3v) is 4.84. The van der Waals surface area contributed by atoms with Crippen LogP contribution in [-0.4, -0.2) is 24.8 Å². The lowest BCUT2D eigenvalue weighted by Gasteiger charge is -2.16. The zero-order chi connectivity index (χ0) is 19.7. The Morgan fingerprint density at radius 1 is 1.14 bits per heavy atom. The van der Waals surface area contributed by atoms with Gasteiger partial charge in [0, 0.05) is 11.5 Å². The number of carbonyl (C=O) groups excluding carboxylic acids is 1. The monoisotopic (exact) mass is 376 g/mol. The number of nitrogens with zero attached hydrogens (tertiary/aromatic N) is 1. The first kappa shape index (κ1) is 17.9. The number of benzene rings is 2. The van der Waals surface area contributed by atoms with Crippen molar-refractivity contribution in [2.45, 2.75) is 12.8 Å². The molecule has 142 valence electrons. The maximum atomic E-state index is 13.0. The summed E-state index contributed by atoms with van der Waals surface area (Å²) >= 11 is 0. The number of methoxy groups -OCH3 is 1. The molecule has 2 N–H and O–H groups in total. The van der Waals surface area contributed by atoms with Crippen LogP contribution in [0.25, 0.3) is 5.57 Å². The van der Waals surface area contributed by atoms with E-state index in [1.54, 1.807) is 14.0 Å². The number of esters is 1. The van der Waals surface area contributed by atoms with Crippen molar-refractivity contribution in [3.05, 3.63) is 82.6 Å². The third kappa shape index (κ3) is 2.83. The van der Waals surface area contributed by atoms with Gasteiger partial charge < -0.3 is 19.7 Å². The molecule has 0 spiro atoms. The molecule has 1 heterocycles. The number of ether oxygens (including phenoxy) is 2. The van der Waals surface area contributed by atoms with Crippen molar-refractivity contribution in [3.63, 3.8) is 0 Å². The molecule has 3 aromatic rings. The van der Waals surface area contributed by atoms with Gasteiger partial charge in [-0.2, -0.15) is 0 Å². The minimum Gasteiger partial charge on any atom is -0.497 e. The van der Waals surface area contributed by atoms with Gasteiger partial charge in [-0.1, -0.05) is 47.6 Å². The average Bonchev–Trinajstić information content (AvgIpc) is 3.27. The predicted octanol–water partition coefficient (Wildman–Crippen LogP) is 3.78. The first-order valence-corrected chi connectivity index (χ1v) is 9.01. The van der Waals surface area contributed by atoms with E-state index in [2.05, 4.69) is 5.16 Å². The zero-order valence-electron chi connectivity index (χ0n) is 15.6. The fourth-order valence-electron chi connectivity index (χ4n) is 3.63. The van der Waals surface area contributed by atoms with Crippen LogP contribution in [0, 0.1) is 0 Å². The van der Waals surface area contributed by atoms with Crippen molar-refractivity contribution < 1.29 is 18.8 Å². The summed E-state index contributed by atoms with van der Waals surface area (Å²) in [6, 6.07) is 17.1. The Kier molecular flexibility index (Phi) is 4.61. The van der Waals surface area contributed by atoms with Crippen LogP contribution < -0.4 is 10.5 Å². The van der Waals surface area contributed by atoms with Crippen LogP contribution in [0.15, 0.2) is 64.7 Å². The van der Waals surface area contributed by atoms with Gasteiger partial charge in [-0.25, -0.2) is 4.79 Å². The van der Waals surface area contributed by atoms with E-state index in [0.717, 1.165) is 16.9 Å². The first-order valence-electron chi connectivity index (χ1n) is 9.01. The second-order valence-corrected chi connectivity index (χ2v) is 6.39. The molecule has 0 bridgehead atoms. The summed E-state index contributed by atoms with van der Waals surface area (Å²) in [5.74, 6) is 0.692. The quantitative estimate of drug-likeness (QED) is 0.682. The van der Waals surface area contributed by atoms with Crippen LogP contribution in [-0.2, 0) is 9.53 Å². The van der Waals surface area contributed by atoms with E-state index in [-0.39, 0.29) is 12.4 Å². The highest BCUT2D eigenvalue weighted by molar-refractivity contribution is 6.07. The Labute approximate surface area is 162 Å². The number of aromatic nitrogens is 1. The summed E-state index contributed by atoms with van der Waals surface area (Å²) in [5, 5.41) is 3.96. The maximum Gasteiger partial charge on any atom is 0.335 e. The van der Waals surface area contributed by atoms with Gasteiger partial charge in [0.1, 0.15) is 5.75 Å². The highest BCUT2D eigenvalue weighted by Crippen LogP contribution is 2.50. The van der Waals surface area contributed by atoms with Gasteiger partial charge in [0.25, 0.3) is 0 Å². The Morgan fingerprint density at radius 3 is 2.50 bits per heavy atom. The van der Waals surface area contributed by atoms with E-state index in [0.29, 0.717) is 22.5 Å². The number of anilines is 1. The van der Waals surface area contributed by atoms with Crippen molar-refractivity contribution in [2.75, 3.05) is 19.5 Å². The van der Waals surface area contributed by atoms with Gasteiger partial charge in [0.15, 0.2) is 11.6 Å². The predicted molar refractivity (Wildman–Crippen MR) is 105 cm³/mol. The molecular weight excluding hydrogens is 356 g/mol. The van der Waals surface area contributed by atoms with E-state index < -0.39 is 11.9 Å². The van der Waals surface area contributed by atoms with Gasteiger partial charge in [-0.3, -0.25) is 0 Å². The van der Waals surface area contributed by atoms with E-state index in [1.807, 2.05) is 54.6 Å². The van der Waals surface area contributed by atoms with E-state index in [9.17, 15) is 4.79 Å². The smallest absolute Gasteiger partial charge is 0.335 e. The summed E-state index contributed by atoms with van der Waals surface area (Å²) < 4.78 is 16.2. The molecule has 2 aromatic carbocycles. The Bertz CT molecular complexity index is 1040. The van der Waals surface area contributed by atoms with Crippen LogP contribution in [0.5, 0.6) is 5.75 Å². The molecule has 4 rings (SSSR count). The van der Waals surface area contributed by atoms with Crippen LogP contribution >= 0.6 is 0 Å². The molecule has 0 aliphatic heterocycles. The molecule has 1 unspecified atom stereocenters. The fourth-order valence-corrected chi connectivity index (χ4v) is 3.63. The molecule has 0 radical (unpaired) electrons. The van der Waals surface area contributed by atoms with Gasteiger partial charge in [0.05, 0.1) is 24.9 Å². The van der Waals surface area contributed by atoms with Gasteiger partial charge >= 0.3 is 5.97 Å². The molecule has 1 aromatic heterocycles. The highest BCUT2D eigenvalue weighted by atomic mass is 16.5. The Balaban J connectivity index is 1.98. The molecular formula is C22H20N2O4. The van der Waals surface area contributed by atoms with E-state index in [1.165, 1.54) is 0 Å². The van der Waals surface area contributed by atoms with Crippen LogP contribution in [0.3, 0.4) is 0 Å². The number of carbonyl (C=O) groups is 1. The number of rotatable bonds is 5. The SMILES string of the molecule is CCOC(=O)C1=C(c2ccc(OC)cc2)c2onc(N)c2C1c1ccccc1. The number of hydrogen-bond acceptors (Lipinski definition) is 6. The van der Waals surface area contributed by atoms with Crippen molar-refractivity contribution in [2.24, 2.45) is 0 Å². The lowest BCUT2D eigenvalue weighted by Crippen LogP contribution is -2.15. The van der Waals surface area contributed by atoms with Crippen LogP contribution in [0.1, 0.15) is 35.3 Å². The fraction of sp³-hybridized carbons (Fsp3) is 0.182. The minimum absolute atomic E-state index is 0.272. The number of hydrogen-bond donors (Lipinski definition) is 1. The molecule has 0 fully saturated rings. The van der Waals surface area contributed by atoms with Crippen LogP contribution in [0.2, 0.25) is 0 Å². The highest BCUT2D eigenvalue weighted by Gasteiger charge is 2.42. The number of fused-ring (bicyclic) bond motifs is 1. The molecule has 6 nitrogen and oxygen atoms in total. The topological polar surface area (TPSA) is 87.6 Å². The summed E-state index contributed by atoms with van der Waals surface area (Å²) in [4.78, 5) is 13.0. The summed E-state index contributed by atoms with van der Waals surface area (Å²) in [6.07, 6.45) is 0. The standard InChI is InChI=1S/C22H20N2O4/c1-3-27-22(25)18-16(13-7-5-4-6-8-13)19-20(28-24-21(19)23)17(18)14-9-11-15(26-2)12-10-14/h4-12,16H,3H2,1-2H3,(H2,23,24). The molecule has 1 atom stereocenters. The van der Waals surface area contributed by atoms with Crippen molar-refractivity contribution in [1.29, 1.82) is 0 Å². The average molecular weight is 376 g/mol. The maximum absolute atomic E-state index is 13.0. The number of nitrogens with two attached hydrogens (primary N) is 1. The van der Waals surface area contributed by atoms with Crippen molar-refractivity contribution in [3.8, 4) is 5.75 Å². The Morgan fingerprint density at radius 2 is 1.86 bits per heavy atom. The van der Waals surface area contributed by atoms with Crippen LogP contribution in [0.4, 0.5) is 5.82 Å². The molecule has 0 saturated heterocycles. The lowest BCUT2D eigenvalue weighted by molar-refractivity contribution is -0.138. The summed E-state index contributed by atoms with van der Waals surface area (Å²) in [6.45, 7) is 2.06. The zero-order valence-corrected chi connectivity index (χ0v) is 15.6.